The molecule has 2 aromatic rings. The van der Waals surface area contributed by atoms with Gasteiger partial charge in [-0.15, -0.1) is 11.3 Å². The van der Waals surface area contributed by atoms with Crippen molar-refractivity contribution in [1.82, 2.24) is 19.2 Å². The molecule has 1 aliphatic heterocycles. The molecule has 102 valence electrons. The minimum Gasteiger partial charge on any atom is -0.344 e. The van der Waals surface area contributed by atoms with Gasteiger partial charge < -0.3 is 4.90 Å². The molecule has 0 amide bonds. The molecule has 1 saturated heterocycles. The van der Waals surface area contributed by atoms with Gasteiger partial charge in [0.25, 0.3) is 0 Å². The monoisotopic (exact) mass is 295 g/mol. The highest BCUT2D eigenvalue weighted by Gasteiger charge is 2.20. The first-order valence-electron chi connectivity index (χ1n) is 6.39. The van der Waals surface area contributed by atoms with E-state index in [1.165, 1.54) is 16.4 Å². The second kappa shape index (κ2) is 5.52. The first-order valence-corrected chi connectivity index (χ1v) is 7.98. The van der Waals surface area contributed by atoms with Crippen LogP contribution >= 0.6 is 22.9 Å². The average Bonchev–Trinajstić information content (AvgIpc) is 3.00. The van der Waals surface area contributed by atoms with Gasteiger partial charge in [-0.25, -0.2) is 9.97 Å². The van der Waals surface area contributed by atoms with E-state index >= 15 is 0 Å². The van der Waals surface area contributed by atoms with E-state index in [9.17, 15) is 0 Å². The highest BCUT2D eigenvalue weighted by atomic mass is 32.1. The van der Waals surface area contributed by atoms with Crippen LogP contribution in [0.25, 0.3) is 0 Å². The Morgan fingerprint density at radius 2 is 2.00 bits per heavy atom. The molecular weight excluding hydrogens is 278 g/mol. The van der Waals surface area contributed by atoms with E-state index in [4.69, 9.17) is 0 Å². The van der Waals surface area contributed by atoms with Crippen molar-refractivity contribution in [3.63, 3.8) is 0 Å². The van der Waals surface area contributed by atoms with Gasteiger partial charge in [0.15, 0.2) is 0 Å². The molecule has 1 fully saturated rings. The van der Waals surface area contributed by atoms with E-state index in [1.54, 1.807) is 11.3 Å². The lowest BCUT2D eigenvalue weighted by Crippen LogP contribution is -2.45. The molecule has 0 bridgehead atoms. The van der Waals surface area contributed by atoms with Crippen molar-refractivity contribution in [3.8, 4) is 0 Å². The Bertz CT molecular complexity index is 542. The quantitative estimate of drug-likeness (QED) is 0.866. The molecule has 0 aliphatic carbocycles. The summed E-state index contributed by atoms with van der Waals surface area (Å²) in [5.41, 5.74) is 0. The van der Waals surface area contributed by atoms with Gasteiger partial charge in [0, 0.05) is 55.3 Å². The maximum atomic E-state index is 4.45. The molecule has 1 aliphatic rings. The average molecular weight is 295 g/mol. The van der Waals surface area contributed by atoms with Crippen LogP contribution in [-0.4, -0.2) is 45.4 Å². The lowest BCUT2D eigenvalue weighted by Gasteiger charge is -2.33. The van der Waals surface area contributed by atoms with Crippen LogP contribution in [0, 0.1) is 13.8 Å². The molecule has 0 atom stereocenters. The van der Waals surface area contributed by atoms with E-state index in [2.05, 4.69) is 31.1 Å². The van der Waals surface area contributed by atoms with E-state index in [0.717, 1.165) is 48.7 Å². The molecule has 5 nitrogen and oxygen atoms in total. The van der Waals surface area contributed by atoms with Gasteiger partial charge in [0.05, 0.1) is 5.01 Å². The van der Waals surface area contributed by atoms with Gasteiger partial charge in [0.2, 0.25) is 5.13 Å². The van der Waals surface area contributed by atoms with Crippen molar-refractivity contribution in [2.75, 3.05) is 31.1 Å². The molecule has 0 N–H and O–H groups in total. The van der Waals surface area contributed by atoms with Crippen LogP contribution < -0.4 is 4.90 Å². The predicted molar refractivity (Wildman–Crippen MR) is 79.0 cm³/mol. The van der Waals surface area contributed by atoms with Crippen molar-refractivity contribution < 1.29 is 0 Å². The van der Waals surface area contributed by atoms with Crippen molar-refractivity contribution in [1.29, 1.82) is 0 Å². The lowest BCUT2D eigenvalue weighted by molar-refractivity contribution is 0.251. The molecule has 19 heavy (non-hydrogen) atoms. The zero-order valence-corrected chi connectivity index (χ0v) is 12.8. The standard InChI is InChI=1S/C12H17N5S2/c1-9-14-12(19-15-9)17-5-3-16(4-6-17)8-11-7-13-10(2)18-11/h7H,3-6,8H2,1-2H3. The fourth-order valence-corrected chi connectivity index (χ4v) is 3.77. The van der Waals surface area contributed by atoms with Crippen LogP contribution in [0.1, 0.15) is 15.7 Å². The maximum Gasteiger partial charge on any atom is 0.205 e. The molecule has 3 rings (SSSR count). The minimum atomic E-state index is 0.877. The van der Waals surface area contributed by atoms with E-state index in [1.807, 2.05) is 13.1 Å². The van der Waals surface area contributed by atoms with Crippen LogP contribution in [0.3, 0.4) is 0 Å². The zero-order valence-electron chi connectivity index (χ0n) is 11.2. The molecule has 0 unspecified atom stereocenters. The molecule has 7 heteroatoms. The van der Waals surface area contributed by atoms with Crippen LogP contribution in [0.15, 0.2) is 6.20 Å². The number of aromatic nitrogens is 3. The summed E-state index contributed by atoms with van der Waals surface area (Å²) in [6.45, 7) is 9.25. The number of hydrogen-bond donors (Lipinski definition) is 0. The second-order valence-corrected chi connectivity index (χ2v) is 6.78. The molecule has 0 spiro atoms. The number of rotatable bonds is 3. The lowest BCUT2D eigenvalue weighted by atomic mass is 10.3. The van der Waals surface area contributed by atoms with Crippen molar-refractivity contribution in [2.45, 2.75) is 20.4 Å². The summed E-state index contributed by atoms with van der Waals surface area (Å²) in [4.78, 5) is 14.9. The van der Waals surface area contributed by atoms with Gasteiger partial charge in [0.1, 0.15) is 5.82 Å². The number of hydrogen-bond acceptors (Lipinski definition) is 7. The number of anilines is 1. The first-order chi connectivity index (χ1) is 9.20. The SMILES string of the molecule is Cc1nsc(N2CCN(Cc3cnc(C)s3)CC2)n1. The Labute approximate surface area is 121 Å². The Morgan fingerprint density at radius 3 is 2.58 bits per heavy atom. The Morgan fingerprint density at radius 1 is 1.21 bits per heavy atom. The van der Waals surface area contributed by atoms with Crippen LogP contribution in [-0.2, 0) is 6.54 Å². The van der Waals surface area contributed by atoms with Crippen molar-refractivity contribution >= 4 is 28.0 Å². The van der Waals surface area contributed by atoms with Crippen LogP contribution in [0.2, 0.25) is 0 Å². The third kappa shape index (κ3) is 3.10. The zero-order chi connectivity index (χ0) is 13.2. The summed E-state index contributed by atoms with van der Waals surface area (Å²) in [5, 5.41) is 2.21. The Balaban J connectivity index is 1.54. The minimum absolute atomic E-state index is 0.877. The fourth-order valence-electron chi connectivity index (χ4n) is 2.21. The Kier molecular flexibility index (Phi) is 3.76. The molecule has 0 saturated carbocycles. The topological polar surface area (TPSA) is 45.2 Å². The van der Waals surface area contributed by atoms with Gasteiger partial charge in [-0.3, -0.25) is 4.90 Å². The number of nitrogens with zero attached hydrogens (tertiary/aromatic N) is 5. The van der Waals surface area contributed by atoms with Crippen molar-refractivity contribution in [2.24, 2.45) is 0 Å². The molecular formula is C12H17N5S2. The highest BCUT2D eigenvalue weighted by molar-refractivity contribution is 7.11. The first kappa shape index (κ1) is 13.0. The highest BCUT2D eigenvalue weighted by Crippen LogP contribution is 2.20. The van der Waals surface area contributed by atoms with Gasteiger partial charge in [-0.2, -0.15) is 4.37 Å². The van der Waals surface area contributed by atoms with E-state index < -0.39 is 0 Å². The summed E-state index contributed by atoms with van der Waals surface area (Å²) < 4.78 is 4.25. The van der Waals surface area contributed by atoms with Crippen LogP contribution in [0.4, 0.5) is 5.13 Å². The fraction of sp³-hybridized carbons (Fsp3) is 0.583. The largest absolute Gasteiger partial charge is 0.344 e. The van der Waals surface area contributed by atoms with Gasteiger partial charge in [-0.05, 0) is 13.8 Å². The van der Waals surface area contributed by atoms with Crippen molar-refractivity contribution in [3.05, 3.63) is 21.9 Å². The summed E-state index contributed by atoms with van der Waals surface area (Å²) in [6, 6.07) is 0. The number of piperazine rings is 1. The smallest absolute Gasteiger partial charge is 0.205 e. The molecule has 3 heterocycles. The molecule has 2 aromatic heterocycles. The summed E-state index contributed by atoms with van der Waals surface area (Å²) in [7, 11) is 0. The summed E-state index contributed by atoms with van der Waals surface area (Å²) in [6.07, 6.45) is 2.00. The third-order valence-corrected chi connectivity index (χ3v) is 4.97. The predicted octanol–water partition coefficient (Wildman–Crippen LogP) is 1.93. The van der Waals surface area contributed by atoms with E-state index in [0.29, 0.717) is 0 Å². The third-order valence-electron chi connectivity index (χ3n) is 3.21. The van der Waals surface area contributed by atoms with Gasteiger partial charge in [-0.1, -0.05) is 0 Å². The number of aryl methyl sites for hydroxylation is 2. The van der Waals surface area contributed by atoms with Gasteiger partial charge >= 0.3 is 0 Å². The normalized spacial score (nSPS) is 17.1. The van der Waals surface area contributed by atoms with E-state index in [-0.39, 0.29) is 0 Å². The number of thiazole rings is 1. The van der Waals surface area contributed by atoms with Crippen LogP contribution in [0.5, 0.6) is 0 Å². The molecule has 0 radical (unpaired) electrons. The Hall–Kier alpha value is -1.05. The second-order valence-electron chi connectivity index (χ2n) is 4.73. The molecule has 0 aromatic carbocycles. The maximum absolute atomic E-state index is 4.45. The summed E-state index contributed by atoms with van der Waals surface area (Å²) in [5.74, 6) is 0.877. The summed E-state index contributed by atoms with van der Waals surface area (Å²) >= 11 is 3.30.